The van der Waals surface area contributed by atoms with Crippen LogP contribution in [-0.4, -0.2) is 5.54 Å². The van der Waals surface area contributed by atoms with Gasteiger partial charge in [0.2, 0.25) is 0 Å². The Morgan fingerprint density at radius 1 is 1.05 bits per heavy atom. The van der Waals surface area contributed by atoms with Gasteiger partial charge in [0.15, 0.2) is 0 Å². The molecule has 0 fully saturated rings. The predicted molar refractivity (Wildman–Crippen MR) is 76.7 cm³/mol. The third-order valence-electron chi connectivity index (χ3n) is 3.18. The van der Waals surface area contributed by atoms with Gasteiger partial charge in [-0.2, -0.15) is 0 Å². The van der Waals surface area contributed by atoms with Gasteiger partial charge in [0.25, 0.3) is 5.92 Å². The van der Waals surface area contributed by atoms with Gasteiger partial charge >= 0.3 is 0 Å². The lowest BCUT2D eigenvalue weighted by atomic mass is 9.83. The van der Waals surface area contributed by atoms with Crippen molar-refractivity contribution in [1.29, 1.82) is 0 Å². The quantitative estimate of drug-likeness (QED) is 0.858. The van der Waals surface area contributed by atoms with Gasteiger partial charge in [-0.1, -0.05) is 32.9 Å². The highest BCUT2D eigenvalue weighted by molar-refractivity contribution is 5.37. The first-order valence-corrected chi connectivity index (χ1v) is 6.61. The lowest BCUT2D eigenvalue weighted by Crippen LogP contribution is -2.38. The second kappa shape index (κ2) is 4.86. The summed E-state index contributed by atoms with van der Waals surface area (Å²) < 4.78 is 28.8. The Hall–Kier alpha value is -0.960. The number of hydrogen-bond acceptors (Lipinski definition) is 1. The van der Waals surface area contributed by atoms with E-state index in [1.807, 2.05) is 26.8 Å². The topological polar surface area (TPSA) is 26.0 Å². The molecule has 0 atom stereocenters. The molecule has 3 heteroatoms. The Balaban J connectivity index is 3.26. The van der Waals surface area contributed by atoms with E-state index in [1.54, 1.807) is 32.9 Å². The molecule has 19 heavy (non-hydrogen) atoms. The van der Waals surface area contributed by atoms with E-state index in [0.29, 0.717) is 5.56 Å². The van der Waals surface area contributed by atoms with Crippen LogP contribution < -0.4 is 5.73 Å². The summed E-state index contributed by atoms with van der Waals surface area (Å²) in [5.41, 5.74) is 6.34. The molecule has 0 unspecified atom stereocenters. The van der Waals surface area contributed by atoms with Gasteiger partial charge in [0.1, 0.15) is 0 Å². The minimum atomic E-state index is -2.90. The lowest BCUT2D eigenvalue weighted by molar-refractivity contribution is -0.0302. The number of hydrogen-bond donors (Lipinski definition) is 1. The maximum Gasteiger partial charge on any atom is 0.275 e. The monoisotopic (exact) mass is 269 g/mol. The SMILES string of the molecule is Cc1ccc(C(C)(C)C)cc1C(F)(F)CC(C)(C)N. The second-order valence-corrected chi connectivity index (χ2v) is 7.15. The van der Waals surface area contributed by atoms with Crippen molar-refractivity contribution in [3.63, 3.8) is 0 Å². The number of nitrogens with two attached hydrogens (primary N) is 1. The van der Waals surface area contributed by atoms with Gasteiger partial charge in [-0.05, 0) is 43.4 Å². The summed E-state index contributed by atoms with van der Waals surface area (Å²) in [5.74, 6) is -2.90. The standard InChI is InChI=1S/C16H25F2N/c1-11-7-8-12(14(2,3)4)9-13(11)16(17,18)10-15(5,6)19/h7-9H,10,19H2,1-6H3. The van der Waals surface area contributed by atoms with Crippen molar-refractivity contribution < 1.29 is 8.78 Å². The smallest absolute Gasteiger partial charge is 0.275 e. The van der Waals surface area contributed by atoms with E-state index in [-0.39, 0.29) is 17.4 Å². The molecule has 0 spiro atoms. The average Bonchev–Trinajstić information content (AvgIpc) is 2.11. The summed E-state index contributed by atoms with van der Waals surface area (Å²) in [7, 11) is 0. The van der Waals surface area contributed by atoms with Crippen LogP contribution in [0.4, 0.5) is 8.78 Å². The van der Waals surface area contributed by atoms with Crippen LogP contribution in [0.1, 0.15) is 57.7 Å². The first kappa shape index (κ1) is 16.1. The van der Waals surface area contributed by atoms with Gasteiger partial charge in [0, 0.05) is 17.5 Å². The number of benzene rings is 1. The van der Waals surface area contributed by atoms with E-state index in [4.69, 9.17) is 5.73 Å². The van der Waals surface area contributed by atoms with E-state index in [1.165, 1.54) is 0 Å². The lowest BCUT2D eigenvalue weighted by Gasteiger charge is -2.28. The first-order chi connectivity index (χ1) is 8.33. The molecule has 0 bridgehead atoms. The van der Waals surface area contributed by atoms with Gasteiger partial charge in [-0.15, -0.1) is 0 Å². The van der Waals surface area contributed by atoms with Crippen molar-refractivity contribution in [1.82, 2.24) is 0 Å². The molecule has 0 saturated heterocycles. The van der Waals surface area contributed by atoms with E-state index in [0.717, 1.165) is 5.56 Å². The minimum Gasteiger partial charge on any atom is -0.325 e. The van der Waals surface area contributed by atoms with Crippen LogP contribution in [0.3, 0.4) is 0 Å². The molecule has 1 rings (SSSR count). The Bertz CT molecular complexity index is 451. The van der Waals surface area contributed by atoms with Crippen LogP contribution in [-0.2, 0) is 11.3 Å². The zero-order chi connectivity index (χ0) is 15.1. The van der Waals surface area contributed by atoms with Crippen molar-refractivity contribution in [3.8, 4) is 0 Å². The van der Waals surface area contributed by atoms with E-state index in [2.05, 4.69) is 0 Å². The second-order valence-electron chi connectivity index (χ2n) is 7.15. The van der Waals surface area contributed by atoms with Crippen LogP contribution in [0, 0.1) is 6.92 Å². The molecule has 1 nitrogen and oxygen atoms in total. The minimum absolute atomic E-state index is 0.0958. The van der Waals surface area contributed by atoms with E-state index < -0.39 is 11.5 Å². The molecule has 1 aromatic rings. The van der Waals surface area contributed by atoms with Crippen molar-refractivity contribution >= 4 is 0 Å². The Labute approximate surface area is 115 Å². The number of halogens is 2. The Morgan fingerprint density at radius 2 is 1.58 bits per heavy atom. The third-order valence-corrected chi connectivity index (χ3v) is 3.18. The van der Waals surface area contributed by atoms with Crippen LogP contribution in [0.25, 0.3) is 0 Å². The predicted octanol–water partition coefficient (Wildman–Crippen LogP) is 4.51. The number of rotatable bonds is 3. The maximum absolute atomic E-state index is 14.4. The summed E-state index contributed by atoms with van der Waals surface area (Å²) in [6.45, 7) is 11.0. The van der Waals surface area contributed by atoms with Crippen molar-refractivity contribution in [2.24, 2.45) is 5.73 Å². The molecule has 0 aliphatic rings. The van der Waals surface area contributed by atoms with Gasteiger partial charge < -0.3 is 5.73 Å². The van der Waals surface area contributed by atoms with Crippen LogP contribution in [0.5, 0.6) is 0 Å². The summed E-state index contributed by atoms with van der Waals surface area (Å²) in [4.78, 5) is 0. The highest BCUT2D eigenvalue weighted by Crippen LogP contribution is 2.38. The van der Waals surface area contributed by atoms with Gasteiger partial charge in [-0.3, -0.25) is 0 Å². The zero-order valence-corrected chi connectivity index (χ0v) is 12.8. The highest BCUT2D eigenvalue weighted by atomic mass is 19.3. The van der Waals surface area contributed by atoms with E-state index >= 15 is 0 Å². The van der Waals surface area contributed by atoms with Crippen molar-refractivity contribution in [3.05, 3.63) is 34.9 Å². The molecule has 1 aromatic carbocycles. The summed E-state index contributed by atoms with van der Waals surface area (Å²) >= 11 is 0. The number of alkyl halides is 2. The van der Waals surface area contributed by atoms with Crippen LogP contribution >= 0.6 is 0 Å². The maximum atomic E-state index is 14.4. The molecular weight excluding hydrogens is 244 g/mol. The fourth-order valence-corrected chi connectivity index (χ4v) is 2.15. The molecule has 0 heterocycles. The van der Waals surface area contributed by atoms with Gasteiger partial charge in [0.05, 0.1) is 0 Å². The number of aryl methyl sites for hydroxylation is 1. The normalized spacial score (nSPS) is 13.7. The largest absolute Gasteiger partial charge is 0.325 e. The molecule has 0 saturated carbocycles. The Morgan fingerprint density at radius 3 is 2.00 bits per heavy atom. The van der Waals surface area contributed by atoms with E-state index in [9.17, 15) is 8.78 Å². The summed E-state index contributed by atoms with van der Waals surface area (Å²) in [6.07, 6.45) is -0.353. The van der Waals surface area contributed by atoms with Crippen molar-refractivity contribution in [2.45, 2.75) is 64.8 Å². The molecule has 0 aromatic heterocycles. The summed E-state index contributed by atoms with van der Waals surface area (Å²) in [6, 6.07) is 5.32. The molecular formula is C16H25F2N. The van der Waals surface area contributed by atoms with Crippen molar-refractivity contribution in [2.75, 3.05) is 0 Å². The van der Waals surface area contributed by atoms with Crippen LogP contribution in [0.2, 0.25) is 0 Å². The molecule has 108 valence electrons. The summed E-state index contributed by atoms with van der Waals surface area (Å²) in [5, 5.41) is 0. The Kier molecular flexibility index (Phi) is 4.12. The molecule has 0 aliphatic heterocycles. The molecule has 2 N–H and O–H groups in total. The highest BCUT2D eigenvalue weighted by Gasteiger charge is 2.38. The third kappa shape index (κ3) is 4.27. The van der Waals surface area contributed by atoms with Crippen LogP contribution in [0.15, 0.2) is 18.2 Å². The molecule has 0 radical (unpaired) electrons. The average molecular weight is 269 g/mol. The molecule has 0 amide bonds. The zero-order valence-electron chi connectivity index (χ0n) is 12.8. The van der Waals surface area contributed by atoms with Gasteiger partial charge in [-0.25, -0.2) is 8.78 Å². The fourth-order valence-electron chi connectivity index (χ4n) is 2.15. The first-order valence-electron chi connectivity index (χ1n) is 6.61. The molecule has 0 aliphatic carbocycles. The fraction of sp³-hybridized carbons (Fsp3) is 0.625.